The fraction of sp³-hybridized carbons (Fsp3) is 0.0769. The number of nitrogens with two attached hydrogens (primary N) is 1. The lowest BCUT2D eigenvalue weighted by molar-refractivity contribution is 0.0997. The van der Waals surface area contributed by atoms with Gasteiger partial charge in [0.1, 0.15) is 5.49 Å². The molecule has 1 atom stereocenters. The van der Waals surface area contributed by atoms with Crippen LogP contribution in [0.25, 0.3) is 0 Å². The van der Waals surface area contributed by atoms with Gasteiger partial charge in [-0.15, -0.1) is 0 Å². The number of hydrogen-bond donors (Lipinski definition) is 3. The van der Waals surface area contributed by atoms with Crippen LogP contribution in [0, 0.1) is 5.41 Å². The highest BCUT2D eigenvalue weighted by molar-refractivity contribution is 7.79. The van der Waals surface area contributed by atoms with Gasteiger partial charge in [0, 0.05) is 11.2 Å². The summed E-state index contributed by atoms with van der Waals surface area (Å²) in [5.41, 5.74) is 5.45. The van der Waals surface area contributed by atoms with Crippen molar-refractivity contribution in [2.24, 2.45) is 5.73 Å². The summed E-state index contributed by atoms with van der Waals surface area (Å²) in [6, 6.07) is 5.74. The lowest BCUT2D eigenvalue weighted by atomic mass is 10.2. The van der Waals surface area contributed by atoms with Crippen molar-refractivity contribution in [1.29, 1.82) is 5.41 Å². The van der Waals surface area contributed by atoms with E-state index in [0.717, 1.165) is 0 Å². The lowest BCUT2D eigenvalue weighted by Crippen LogP contribution is -2.30. The van der Waals surface area contributed by atoms with E-state index in [1.54, 1.807) is 0 Å². The molecule has 1 unspecified atom stereocenters. The molecule has 1 heterocycles. The number of primary amides is 1. The summed E-state index contributed by atoms with van der Waals surface area (Å²) in [4.78, 5) is 11.5. The average molecular weight is 360 g/mol. The molecule has 0 aliphatic carbocycles. The first-order valence-corrected chi connectivity index (χ1v) is 7.79. The van der Waals surface area contributed by atoms with E-state index >= 15 is 0 Å². The van der Waals surface area contributed by atoms with Crippen LogP contribution in [0.1, 0.15) is 15.9 Å². The zero-order valence-corrected chi connectivity index (χ0v) is 13.4. The highest BCUT2D eigenvalue weighted by Crippen LogP contribution is 2.20. The maximum absolute atomic E-state index is 11.4. The smallest absolute Gasteiger partial charge is 0.252 e. The summed E-state index contributed by atoms with van der Waals surface area (Å²) in [7, 11) is 0. The van der Waals surface area contributed by atoms with Crippen LogP contribution in [0.4, 0.5) is 0 Å². The molecule has 9 heteroatoms. The minimum atomic E-state index is -2.21. The van der Waals surface area contributed by atoms with Crippen LogP contribution in [0.2, 0.25) is 10.0 Å². The predicted molar refractivity (Wildman–Crippen MR) is 83.4 cm³/mol. The van der Waals surface area contributed by atoms with Crippen LogP contribution >= 0.6 is 23.2 Å². The zero-order valence-electron chi connectivity index (χ0n) is 11.0. The Morgan fingerprint density at radius 3 is 2.59 bits per heavy atom. The van der Waals surface area contributed by atoms with Crippen molar-refractivity contribution in [3.63, 3.8) is 0 Å². The van der Waals surface area contributed by atoms with Crippen molar-refractivity contribution >= 4 is 40.2 Å². The first-order chi connectivity index (χ1) is 10.3. The third-order valence-electron chi connectivity index (χ3n) is 2.92. The summed E-state index contributed by atoms with van der Waals surface area (Å²) >= 11 is 9.62. The van der Waals surface area contributed by atoms with Gasteiger partial charge in [-0.05, 0) is 29.8 Å². The topological polar surface area (TPSA) is 109 Å². The molecule has 116 valence electrons. The molecule has 0 aliphatic heterocycles. The van der Waals surface area contributed by atoms with Gasteiger partial charge in [0.25, 0.3) is 5.91 Å². The van der Waals surface area contributed by atoms with Gasteiger partial charge in [-0.2, -0.15) is 0 Å². The van der Waals surface area contributed by atoms with Gasteiger partial charge in [0.15, 0.2) is 11.1 Å². The first-order valence-electron chi connectivity index (χ1n) is 5.93. The molecule has 0 bridgehead atoms. The molecule has 22 heavy (non-hydrogen) atoms. The standard InChI is InChI=1S/C13H11Cl2N3O3S/c14-8-1-2-11(22(20)21)7(3-8)5-18-6-9(15)4-10(12(18)16)13(17)19/h1-4,6,16H,5H2,(H2,17,19)(H,20,21). The van der Waals surface area contributed by atoms with Gasteiger partial charge < -0.3 is 14.9 Å². The Kier molecular flexibility index (Phi) is 5.02. The van der Waals surface area contributed by atoms with E-state index in [2.05, 4.69) is 0 Å². The normalized spacial score (nSPS) is 12.1. The Labute approximate surface area is 138 Å². The van der Waals surface area contributed by atoms with E-state index in [1.165, 1.54) is 35.0 Å². The second-order valence-corrected chi connectivity index (χ2v) is 6.22. The van der Waals surface area contributed by atoms with Crippen LogP contribution < -0.4 is 11.2 Å². The molecular formula is C13H11Cl2N3O3S. The van der Waals surface area contributed by atoms with Crippen molar-refractivity contribution in [3.05, 3.63) is 57.1 Å². The molecule has 1 aromatic heterocycles. The first kappa shape index (κ1) is 16.7. The minimum absolute atomic E-state index is 0.0406. The second-order valence-electron chi connectivity index (χ2n) is 4.41. The second kappa shape index (κ2) is 6.62. The predicted octanol–water partition coefficient (Wildman–Crippen LogP) is 2.00. The maximum Gasteiger partial charge on any atom is 0.252 e. The highest BCUT2D eigenvalue weighted by Gasteiger charge is 2.13. The molecule has 0 saturated heterocycles. The highest BCUT2D eigenvalue weighted by atomic mass is 35.5. The zero-order chi connectivity index (χ0) is 16.4. The van der Waals surface area contributed by atoms with Gasteiger partial charge in [-0.25, -0.2) is 4.21 Å². The Bertz CT molecular complexity index is 836. The van der Waals surface area contributed by atoms with Crippen molar-refractivity contribution in [1.82, 2.24) is 4.57 Å². The van der Waals surface area contributed by atoms with E-state index in [9.17, 15) is 13.6 Å². The van der Waals surface area contributed by atoms with Crippen LogP contribution in [0.3, 0.4) is 0 Å². The molecule has 0 radical (unpaired) electrons. The summed E-state index contributed by atoms with van der Waals surface area (Å²) in [5.74, 6) is -0.779. The lowest BCUT2D eigenvalue weighted by Gasteiger charge is -2.12. The summed E-state index contributed by atoms with van der Waals surface area (Å²) < 4.78 is 22.0. The molecular weight excluding hydrogens is 349 g/mol. The molecule has 0 aliphatic rings. The van der Waals surface area contributed by atoms with Gasteiger partial charge in [-0.3, -0.25) is 10.2 Å². The number of amides is 1. The maximum atomic E-state index is 11.4. The van der Waals surface area contributed by atoms with Crippen molar-refractivity contribution in [2.45, 2.75) is 11.4 Å². The molecule has 2 aromatic rings. The number of benzene rings is 1. The number of pyridine rings is 1. The minimum Gasteiger partial charge on any atom is -0.365 e. The van der Waals surface area contributed by atoms with Crippen LogP contribution in [0.5, 0.6) is 0 Å². The van der Waals surface area contributed by atoms with Gasteiger partial charge >= 0.3 is 0 Å². The van der Waals surface area contributed by atoms with Crippen molar-refractivity contribution in [2.75, 3.05) is 0 Å². The quantitative estimate of drug-likeness (QED) is 0.726. The van der Waals surface area contributed by atoms with Crippen molar-refractivity contribution in [3.8, 4) is 0 Å². The third-order valence-corrected chi connectivity index (χ3v) is 4.14. The number of nitrogens with one attached hydrogen (secondary N) is 1. The number of nitrogens with zero attached hydrogens (tertiary/aromatic N) is 1. The molecule has 1 aromatic carbocycles. The molecule has 0 spiro atoms. The fourth-order valence-corrected chi connectivity index (χ4v) is 2.90. The number of aromatic nitrogens is 1. The van der Waals surface area contributed by atoms with E-state index < -0.39 is 17.0 Å². The Morgan fingerprint density at radius 2 is 2.00 bits per heavy atom. The van der Waals surface area contributed by atoms with Crippen LogP contribution in [-0.4, -0.2) is 19.2 Å². The number of halogens is 2. The van der Waals surface area contributed by atoms with E-state index in [-0.39, 0.29) is 27.5 Å². The number of carbonyl (C=O) groups is 1. The van der Waals surface area contributed by atoms with Gasteiger partial charge in [0.05, 0.1) is 22.0 Å². The van der Waals surface area contributed by atoms with E-state index in [0.29, 0.717) is 10.6 Å². The molecule has 6 nitrogen and oxygen atoms in total. The molecule has 2 rings (SSSR count). The molecule has 0 fully saturated rings. The number of rotatable bonds is 4. The Hall–Kier alpha value is -1.67. The molecule has 1 amide bonds. The van der Waals surface area contributed by atoms with E-state index in [4.69, 9.17) is 34.3 Å². The Morgan fingerprint density at radius 1 is 1.32 bits per heavy atom. The fourth-order valence-electron chi connectivity index (χ4n) is 1.95. The third kappa shape index (κ3) is 3.56. The number of hydrogen-bond acceptors (Lipinski definition) is 3. The summed E-state index contributed by atoms with van der Waals surface area (Å²) in [6.45, 7) is 0.0435. The number of carbonyl (C=O) groups excluding carboxylic acids is 1. The van der Waals surface area contributed by atoms with Gasteiger partial charge in [0.2, 0.25) is 0 Å². The molecule has 4 N–H and O–H groups in total. The van der Waals surface area contributed by atoms with Crippen LogP contribution in [0.15, 0.2) is 35.4 Å². The van der Waals surface area contributed by atoms with Crippen molar-refractivity contribution < 1.29 is 13.6 Å². The Balaban J connectivity index is 2.57. The molecule has 0 saturated carbocycles. The van der Waals surface area contributed by atoms with Gasteiger partial charge in [-0.1, -0.05) is 23.2 Å². The van der Waals surface area contributed by atoms with E-state index in [1.807, 2.05) is 0 Å². The summed E-state index contributed by atoms with van der Waals surface area (Å²) in [5, 5.41) is 8.59. The summed E-state index contributed by atoms with van der Waals surface area (Å²) in [6.07, 6.45) is 1.43. The largest absolute Gasteiger partial charge is 0.365 e. The van der Waals surface area contributed by atoms with Crippen LogP contribution in [-0.2, 0) is 17.6 Å². The monoisotopic (exact) mass is 359 g/mol. The SMILES string of the molecule is N=c1c(C(N)=O)cc(Cl)cn1Cc1cc(Cl)ccc1S(=O)O. The average Bonchev–Trinajstić information content (AvgIpc) is 2.41.